The molecular weight excluding hydrogens is 286 g/mol. The standard InChI is InChI=1S/C19H27N3O/c1-5-6-14-22(17-10-8-7-9-11-17)19(23)13-12-18-15(2)20-21(4)16(18)3/h7-11H,5-6,12-14H2,1-4H3. The van der Waals surface area contributed by atoms with Crippen molar-refractivity contribution < 1.29 is 4.79 Å². The number of benzene rings is 1. The minimum absolute atomic E-state index is 0.187. The molecule has 0 aliphatic carbocycles. The highest BCUT2D eigenvalue weighted by atomic mass is 16.2. The zero-order valence-electron chi connectivity index (χ0n) is 14.7. The molecule has 0 saturated heterocycles. The first kappa shape index (κ1) is 17.3. The van der Waals surface area contributed by atoms with E-state index in [4.69, 9.17) is 0 Å². The molecule has 0 bridgehead atoms. The van der Waals surface area contributed by atoms with Gasteiger partial charge < -0.3 is 4.90 Å². The highest BCUT2D eigenvalue weighted by molar-refractivity contribution is 5.93. The Balaban J connectivity index is 2.08. The predicted molar refractivity (Wildman–Crippen MR) is 94.7 cm³/mol. The second-order valence-corrected chi connectivity index (χ2v) is 6.01. The van der Waals surface area contributed by atoms with Gasteiger partial charge in [-0.1, -0.05) is 31.5 Å². The predicted octanol–water partition coefficient (Wildman–Crippen LogP) is 3.80. The molecule has 0 spiro atoms. The molecule has 2 aromatic rings. The molecule has 0 N–H and O–H groups in total. The largest absolute Gasteiger partial charge is 0.312 e. The maximum atomic E-state index is 12.8. The Kier molecular flexibility index (Phi) is 5.97. The normalized spacial score (nSPS) is 10.8. The lowest BCUT2D eigenvalue weighted by molar-refractivity contribution is -0.118. The molecule has 2 rings (SSSR count). The topological polar surface area (TPSA) is 38.1 Å². The van der Waals surface area contributed by atoms with Gasteiger partial charge in [-0.25, -0.2) is 0 Å². The number of carbonyl (C=O) groups excluding carboxylic acids is 1. The summed E-state index contributed by atoms with van der Waals surface area (Å²) in [6.07, 6.45) is 3.37. The van der Waals surface area contributed by atoms with Crippen molar-refractivity contribution in [1.82, 2.24) is 9.78 Å². The van der Waals surface area contributed by atoms with Crippen LogP contribution < -0.4 is 4.90 Å². The van der Waals surface area contributed by atoms with Crippen molar-refractivity contribution in [2.24, 2.45) is 7.05 Å². The van der Waals surface area contributed by atoms with E-state index in [-0.39, 0.29) is 5.91 Å². The lowest BCUT2D eigenvalue weighted by atomic mass is 10.1. The van der Waals surface area contributed by atoms with Crippen LogP contribution in [0.1, 0.15) is 43.1 Å². The molecule has 4 heteroatoms. The fourth-order valence-corrected chi connectivity index (χ4v) is 2.87. The van der Waals surface area contributed by atoms with Crippen molar-refractivity contribution >= 4 is 11.6 Å². The van der Waals surface area contributed by atoms with Crippen LogP contribution in [-0.4, -0.2) is 22.2 Å². The average molecular weight is 313 g/mol. The number of carbonyl (C=O) groups is 1. The Morgan fingerprint density at radius 1 is 1.22 bits per heavy atom. The van der Waals surface area contributed by atoms with E-state index in [9.17, 15) is 4.79 Å². The molecule has 0 atom stereocenters. The first-order valence-corrected chi connectivity index (χ1v) is 8.39. The Hall–Kier alpha value is -2.10. The number of rotatable bonds is 7. The lowest BCUT2D eigenvalue weighted by Crippen LogP contribution is -2.32. The van der Waals surface area contributed by atoms with Crippen LogP contribution in [0, 0.1) is 13.8 Å². The molecule has 0 aliphatic heterocycles. The summed E-state index contributed by atoms with van der Waals surface area (Å²) in [5, 5.41) is 4.43. The van der Waals surface area contributed by atoms with E-state index >= 15 is 0 Å². The van der Waals surface area contributed by atoms with Crippen molar-refractivity contribution in [2.75, 3.05) is 11.4 Å². The number of hydrogen-bond acceptors (Lipinski definition) is 2. The molecule has 0 aliphatic rings. The highest BCUT2D eigenvalue weighted by Gasteiger charge is 2.17. The Morgan fingerprint density at radius 3 is 2.48 bits per heavy atom. The van der Waals surface area contributed by atoms with Gasteiger partial charge in [0.15, 0.2) is 0 Å². The van der Waals surface area contributed by atoms with Crippen LogP contribution in [0.5, 0.6) is 0 Å². The fourth-order valence-electron chi connectivity index (χ4n) is 2.87. The van der Waals surface area contributed by atoms with Crippen molar-refractivity contribution in [3.8, 4) is 0 Å². The first-order valence-electron chi connectivity index (χ1n) is 8.39. The summed E-state index contributed by atoms with van der Waals surface area (Å²) < 4.78 is 1.89. The molecule has 1 aromatic heterocycles. The van der Waals surface area contributed by atoms with Gasteiger partial charge in [0.25, 0.3) is 0 Å². The van der Waals surface area contributed by atoms with Gasteiger partial charge in [0, 0.05) is 31.4 Å². The Morgan fingerprint density at radius 2 is 1.91 bits per heavy atom. The quantitative estimate of drug-likeness (QED) is 0.779. The summed E-state index contributed by atoms with van der Waals surface area (Å²) in [5.74, 6) is 0.187. The SMILES string of the molecule is CCCCN(C(=O)CCc1c(C)nn(C)c1C)c1ccccc1. The molecule has 0 radical (unpaired) electrons. The summed E-state index contributed by atoms with van der Waals surface area (Å²) in [4.78, 5) is 14.7. The summed E-state index contributed by atoms with van der Waals surface area (Å²) in [6, 6.07) is 9.96. The van der Waals surface area contributed by atoms with E-state index in [0.29, 0.717) is 6.42 Å². The Labute approximate surface area is 139 Å². The highest BCUT2D eigenvalue weighted by Crippen LogP contribution is 2.18. The van der Waals surface area contributed by atoms with E-state index in [1.807, 2.05) is 53.9 Å². The van der Waals surface area contributed by atoms with Crippen molar-refractivity contribution in [3.05, 3.63) is 47.3 Å². The molecule has 1 aromatic carbocycles. The van der Waals surface area contributed by atoms with E-state index in [1.54, 1.807) is 0 Å². The van der Waals surface area contributed by atoms with Crippen LogP contribution in [0.25, 0.3) is 0 Å². The third-order valence-corrected chi connectivity index (χ3v) is 4.35. The molecule has 4 nitrogen and oxygen atoms in total. The fraction of sp³-hybridized carbons (Fsp3) is 0.474. The minimum atomic E-state index is 0.187. The molecule has 0 saturated carbocycles. The molecule has 1 amide bonds. The molecule has 0 unspecified atom stereocenters. The van der Waals surface area contributed by atoms with Gasteiger partial charge in [-0.15, -0.1) is 0 Å². The van der Waals surface area contributed by atoms with Gasteiger partial charge in [0.2, 0.25) is 5.91 Å². The summed E-state index contributed by atoms with van der Waals surface area (Å²) in [6.45, 7) is 7.01. The molecule has 124 valence electrons. The summed E-state index contributed by atoms with van der Waals surface area (Å²) in [7, 11) is 1.95. The zero-order chi connectivity index (χ0) is 16.8. The monoisotopic (exact) mass is 313 g/mol. The molecule has 23 heavy (non-hydrogen) atoms. The van der Waals surface area contributed by atoms with Crippen LogP contribution in [0.4, 0.5) is 5.69 Å². The van der Waals surface area contributed by atoms with Crippen LogP contribution >= 0.6 is 0 Å². The third-order valence-electron chi connectivity index (χ3n) is 4.35. The first-order chi connectivity index (χ1) is 11.0. The third kappa shape index (κ3) is 4.21. The maximum Gasteiger partial charge on any atom is 0.227 e. The smallest absolute Gasteiger partial charge is 0.227 e. The van der Waals surface area contributed by atoms with Crippen LogP contribution in [0.15, 0.2) is 30.3 Å². The number of aryl methyl sites for hydroxylation is 2. The van der Waals surface area contributed by atoms with Gasteiger partial charge in [-0.3, -0.25) is 9.48 Å². The molecule has 0 fully saturated rings. The van der Waals surface area contributed by atoms with Crippen molar-refractivity contribution in [2.45, 2.75) is 46.5 Å². The summed E-state index contributed by atoms with van der Waals surface area (Å²) >= 11 is 0. The van der Waals surface area contributed by atoms with E-state index in [0.717, 1.165) is 42.9 Å². The number of amides is 1. The number of aromatic nitrogens is 2. The number of unbranched alkanes of at least 4 members (excludes halogenated alkanes) is 1. The maximum absolute atomic E-state index is 12.8. The summed E-state index contributed by atoms with van der Waals surface area (Å²) in [5.41, 5.74) is 4.36. The number of nitrogens with zero attached hydrogens (tertiary/aromatic N) is 3. The van der Waals surface area contributed by atoms with Gasteiger partial charge in [0.1, 0.15) is 0 Å². The molecular formula is C19H27N3O. The molecule has 1 heterocycles. The Bertz CT molecular complexity index is 646. The number of anilines is 1. The second-order valence-electron chi connectivity index (χ2n) is 6.01. The van der Waals surface area contributed by atoms with Crippen molar-refractivity contribution in [3.63, 3.8) is 0 Å². The lowest BCUT2D eigenvalue weighted by Gasteiger charge is -2.23. The van der Waals surface area contributed by atoms with Crippen LogP contribution in [-0.2, 0) is 18.3 Å². The zero-order valence-corrected chi connectivity index (χ0v) is 14.7. The van der Waals surface area contributed by atoms with E-state index in [2.05, 4.69) is 18.9 Å². The van der Waals surface area contributed by atoms with Gasteiger partial charge in [0.05, 0.1) is 5.69 Å². The average Bonchev–Trinajstić information content (AvgIpc) is 2.79. The number of hydrogen-bond donors (Lipinski definition) is 0. The van der Waals surface area contributed by atoms with Gasteiger partial charge >= 0.3 is 0 Å². The van der Waals surface area contributed by atoms with Crippen molar-refractivity contribution in [1.29, 1.82) is 0 Å². The number of para-hydroxylation sites is 1. The van der Waals surface area contributed by atoms with Gasteiger partial charge in [-0.2, -0.15) is 5.10 Å². The minimum Gasteiger partial charge on any atom is -0.312 e. The van der Waals surface area contributed by atoms with E-state index in [1.165, 1.54) is 5.56 Å². The van der Waals surface area contributed by atoms with Crippen LogP contribution in [0.3, 0.4) is 0 Å². The second kappa shape index (κ2) is 7.95. The van der Waals surface area contributed by atoms with E-state index < -0.39 is 0 Å². The van der Waals surface area contributed by atoms with Gasteiger partial charge in [-0.05, 0) is 44.4 Å². The van der Waals surface area contributed by atoms with Crippen LogP contribution in [0.2, 0.25) is 0 Å².